The minimum atomic E-state index is -0.446. The number of pyridine rings is 1. The Morgan fingerprint density at radius 3 is 2.76 bits per heavy atom. The molecule has 1 aromatic heterocycles. The van der Waals surface area contributed by atoms with Crippen LogP contribution in [-0.2, 0) is 9.53 Å². The molecular formula is C19H18ClN5O4. The highest BCUT2D eigenvalue weighted by atomic mass is 35.5. The molecule has 3 rings (SSSR count). The molecule has 1 fully saturated rings. The van der Waals surface area contributed by atoms with E-state index in [2.05, 4.69) is 15.7 Å². The molecule has 2 N–H and O–H groups in total. The van der Waals surface area contributed by atoms with Crippen molar-refractivity contribution in [3.8, 4) is 11.8 Å². The van der Waals surface area contributed by atoms with Crippen LogP contribution in [0.3, 0.4) is 0 Å². The van der Waals surface area contributed by atoms with E-state index in [0.717, 1.165) is 0 Å². The van der Waals surface area contributed by atoms with E-state index < -0.39 is 5.91 Å². The molecule has 1 saturated heterocycles. The number of carbonyl (C=O) groups is 2. The van der Waals surface area contributed by atoms with Gasteiger partial charge in [-0.15, -0.1) is 0 Å². The van der Waals surface area contributed by atoms with E-state index in [4.69, 9.17) is 21.1 Å². The summed E-state index contributed by atoms with van der Waals surface area (Å²) in [5, 5.41) is 14.1. The summed E-state index contributed by atoms with van der Waals surface area (Å²) in [6.07, 6.45) is 1.41. The number of hydrazine groups is 1. The molecule has 1 aromatic carbocycles. The Morgan fingerprint density at radius 2 is 2.07 bits per heavy atom. The van der Waals surface area contributed by atoms with Crippen LogP contribution in [0.15, 0.2) is 36.5 Å². The Balaban J connectivity index is 1.58. The molecule has 150 valence electrons. The van der Waals surface area contributed by atoms with Crippen molar-refractivity contribution in [1.29, 1.82) is 5.26 Å². The third-order valence-corrected chi connectivity index (χ3v) is 4.21. The van der Waals surface area contributed by atoms with Crippen molar-refractivity contribution in [1.82, 2.24) is 15.4 Å². The maximum absolute atomic E-state index is 12.4. The highest BCUT2D eigenvalue weighted by Gasteiger charge is 2.16. The minimum Gasteiger partial charge on any atom is -0.482 e. The Hall–Kier alpha value is -3.19. The molecule has 0 bridgehead atoms. The summed E-state index contributed by atoms with van der Waals surface area (Å²) in [5.41, 5.74) is 3.24. The van der Waals surface area contributed by atoms with Gasteiger partial charge in [0.05, 0.1) is 23.8 Å². The van der Waals surface area contributed by atoms with Crippen LogP contribution < -0.4 is 15.5 Å². The van der Waals surface area contributed by atoms with E-state index in [-0.39, 0.29) is 23.8 Å². The first-order valence-corrected chi connectivity index (χ1v) is 9.15. The molecule has 0 radical (unpaired) electrons. The SMILES string of the molecule is N#Cc1cc(C(=O)NN2CCOCC2)ccc1OCC(=O)Nc1ccc(Cl)cn1. The molecule has 2 heterocycles. The van der Waals surface area contributed by atoms with Crippen molar-refractivity contribution in [2.45, 2.75) is 0 Å². The molecule has 2 amide bonds. The molecule has 0 saturated carbocycles. The smallest absolute Gasteiger partial charge is 0.265 e. The van der Waals surface area contributed by atoms with Crippen LogP contribution >= 0.6 is 11.6 Å². The molecule has 1 aliphatic rings. The summed E-state index contributed by atoms with van der Waals surface area (Å²) >= 11 is 5.75. The first-order chi connectivity index (χ1) is 14.0. The summed E-state index contributed by atoms with van der Waals surface area (Å²) in [6, 6.07) is 9.57. The lowest BCUT2D eigenvalue weighted by Crippen LogP contribution is -2.48. The predicted molar refractivity (Wildman–Crippen MR) is 104 cm³/mol. The largest absolute Gasteiger partial charge is 0.482 e. The number of ether oxygens (including phenoxy) is 2. The number of anilines is 1. The number of halogens is 1. The van der Waals surface area contributed by atoms with Gasteiger partial charge in [-0.1, -0.05) is 11.6 Å². The molecule has 10 heteroatoms. The number of carbonyl (C=O) groups excluding carboxylic acids is 2. The number of benzene rings is 1. The molecule has 0 atom stereocenters. The van der Waals surface area contributed by atoms with Gasteiger partial charge in [-0.05, 0) is 30.3 Å². The zero-order valence-corrected chi connectivity index (χ0v) is 16.1. The summed E-state index contributed by atoms with van der Waals surface area (Å²) in [6.45, 7) is 1.96. The predicted octanol–water partition coefficient (Wildman–Crippen LogP) is 1.60. The lowest BCUT2D eigenvalue weighted by Gasteiger charge is -2.26. The van der Waals surface area contributed by atoms with Crippen molar-refractivity contribution in [2.24, 2.45) is 0 Å². The van der Waals surface area contributed by atoms with Gasteiger partial charge >= 0.3 is 0 Å². The molecular weight excluding hydrogens is 398 g/mol. The Kier molecular flexibility index (Phi) is 6.97. The third kappa shape index (κ3) is 5.89. The van der Waals surface area contributed by atoms with E-state index in [9.17, 15) is 14.9 Å². The quantitative estimate of drug-likeness (QED) is 0.735. The highest BCUT2D eigenvalue weighted by molar-refractivity contribution is 6.30. The fraction of sp³-hybridized carbons (Fsp3) is 0.263. The fourth-order valence-electron chi connectivity index (χ4n) is 2.54. The number of hydrogen-bond donors (Lipinski definition) is 2. The van der Waals surface area contributed by atoms with Gasteiger partial charge in [0.25, 0.3) is 11.8 Å². The van der Waals surface area contributed by atoms with Crippen molar-refractivity contribution in [3.05, 3.63) is 52.7 Å². The van der Waals surface area contributed by atoms with Gasteiger partial charge < -0.3 is 14.8 Å². The monoisotopic (exact) mass is 415 g/mol. The number of nitrogens with one attached hydrogen (secondary N) is 2. The van der Waals surface area contributed by atoms with E-state index in [0.29, 0.717) is 42.7 Å². The third-order valence-electron chi connectivity index (χ3n) is 3.99. The Labute approximate surface area is 172 Å². The second-order valence-electron chi connectivity index (χ2n) is 6.06. The first-order valence-electron chi connectivity index (χ1n) is 8.77. The lowest BCUT2D eigenvalue weighted by molar-refractivity contribution is -0.118. The molecule has 1 aliphatic heterocycles. The summed E-state index contributed by atoms with van der Waals surface area (Å²) in [5.74, 6) is -0.243. The van der Waals surface area contributed by atoms with Crippen molar-refractivity contribution >= 4 is 29.2 Å². The van der Waals surface area contributed by atoms with E-state index in [1.54, 1.807) is 17.1 Å². The number of aromatic nitrogens is 1. The number of nitrogens with zero attached hydrogens (tertiary/aromatic N) is 3. The van der Waals surface area contributed by atoms with Gasteiger partial charge in [-0.2, -0.15) is 5.26 Å². The molecule has 29 heavy (non-hydrogen) atoms. The molecule has 9 nitrogen and oxygen atoms in total. The summed E-state index contributed by atoms with van der Waals surface area (Å²) < 4.78 is 10.7. The van der Waals surface area contributed by atoms with E-state index in [1.807, 2.05) is 6.07 Å². The zero-order valence-electron chi connectivity index (χ0n) is 15.4. The summed E-state index contributed by atoms with van der Waals surface area (Å²) in [7, 11) is 0. The number of amides is 2. The molecule has 0 unspecified atom stereocenters. The lowest BCUT2D eigenvalue weighted by atomic mass is 10.1. The Bertz CT molecular complexity index is 923. The second kappa shape index (κ2) is 9.84. The van der Waals surface area contributed by atoms with Crippen LogP contribution in [-0.4, -0.2) is 54.7 Å². The maximum atomic E-state index is 12.4. The zero-order chi connectivity index (χ0) is 20.6. The van der Waals surface area contributed by atoms with Gasteiger partial charge in [-0.25, -0.2) is 9.99 Å². The minimum absolute atomic E-state index is 0.150. The average molecular weight is 416 g/mol. The van der Waals surface area contributed by atoms with Crippen LogP contribution in [0.4, 0.5) is 5.82 Å². The highest BCUT2D eigenvalue weighted by Crippen LogP contribution is 2.20. The second-order valence-corrected chi connectivity index (χ2v) is 6.50. The number of nitriles is 1. The normalized spacial score (nSPS) is 13.9. The molecule has 0 aliphatic carbocycles. The van der Waals surface area contributed by atoms with Crippen LogP contribution in [0.5, 0.6) is 5.75 Å². The van der Waals surface area contributed by atoms with Gasteiger partial charge in [0.1, 0.15) is 17.6 Å². The molecule has 0 spiro atoms. The maximum Gasteiger partial charge on any atom is 0.265 e. The standard InChI is InChI=1S/C19H18ClN5O4/c20-15-2-4-17(22-11-15)23-18(26)12-29-16-3-1-13(9-14(16)10-21)19(27)24-25-5-7-28-8-6-25/h1-4,9,11H,5-8,12H2,(H,24,27)(H,22,23,26). The van der Waals surface area contributed by atoms with Crippen molar-refractivity contribution < 1.29 is 19.1 Å². The average Bonchev–Trinajstić information content (AvgIpc) is 2.74. The molecule has 2 aromatic rings. The fourth-order valence-corrected chi connectivity index (χ4v) is 2.65. The van der Waals surface area contributed by atoms with Crippen LogP contribution in [0, 0.1) is 11.3 Å². The first kappa shape index (κ1) is 20.5. The summed E-state index contributed by atoms with van der Waals surface area (Å²) in [4.78, 5) is 28.3. The van der Waals surface area contributed by atoms with Crippen LogP contribution in [0.1, 0.15) is 15.9 Å². The van der Waals surface area contributed by atoms with Crippen LogP contribution in [0.25, 0.3) is 0 Å². The topological polar surface area (TPSA) is 117 Å². The number of hydrogen-bond acceptors (Lipinski definition) is 7. The van der Waals surface area contributed by atoms with Crippen molar-refractivity contribution in [3.63, 3.8) is 0 Å². The van der Waals surface area contributed by atoms with Gasteiger partial charge in [-0.3, -0.25) is 15.0 Å². The number of rotatable bonds is 6. The Morgan fingerprint density at radius 1 is 1.28 bits per heavy atom. The van der Waals surface area contributed by atoms with Crippen LogP contribution in [0.2, 0.25) is 5.02 Å². The number of morpholine rings is 1. The van der Waals surface area contributed by atoms with Gasteiger partial charge in [0.15, 0.2) is 6.61 Å². The van der Waals surface area contributed by atoms with E-state index >= 15 is 0 Å². The van der Waals surface area contributed by atoms with Crippen molar-refractivity contribution in [2.75, 3.05) is 38.2 Å². The van der Waals surface area contributed by atoms with Gasteiger partial charge in [0.2, 0.25) is 0 Å². The van der Waals surface area contributed by atoms with Gasteiger partial charge in [0, 0.05) is 24.8 Å². The van der Waals surface area contributed by atoms with E-state index in [1.165, 1.54) is 24.4 Å².